The van der Waals surface area contributed by atoms with Gasteiger partial charge in [0.05, 0.1) is 24.7 Å². The number of hydrogen-bond acceptors (Lipinski definition) is 5. The van der Waals surface area contributed by atoms with Crippen molar-refractivity contribution in [2.45, 2.75) is 25.4 Å². The van der Waals surface area contributed by atoms with Crippen LogP contribution < -0.4 is 0 Å². The van der Waals surface area contributed by atoms with E-state index in [4.69, 9.17) is 0 Å². The number of Topliss-reactive ketones (excluding diaryl/α,β-unsaturated/α-hetero) is 1. The minimum Gasteiger partial charge on any atom is -0.453 e. The molecule has 1 heterocycles. The Balaban J connectivity index is 2.62. The second-order valence-corrected chi connectivity index (χ2v) is 4.56. The van der Waals surface area contributed by atoms with Crippen LogP contribution in [0.4, 0.5) is 4.79 Å². The van der Waals surface area contributed by atoms with E-state index in [1.165, 1.54) is 18.9 Å². The Kier molecular flexibility index (Phi) is 4.79. The van der Waals surface area contributed by atoms with Gasteiger partial charge in [0.25, 0.3) is 0 Å². The minimum atomic E-state index is -0.491. The van der Waals surface area contributed by atoms with E-state index in [2.05, 4.69) is 9.73 Å². The number of carbonyl (C=O) groups is 2. The molecule has 0 aromatic heterocycles. The van der Waals surface area contributed by atoms with Crippen LogP contribution in [0.2, 0.25) is 0 Å². The topological polar surface area (TPSA) is 59.0 Å². The van der Waals surface area contributed by atoms with E-state index in [9.17, 15) is 9.59 Å². The molecule has 0 aromatic rings. The first kappa shape index (κ1) is 13.0. The molecule has 5 nitrogen and oxygen atoms in total. The number of amides is 1. The fraction of sp³-hybridized carbons (Fsp3) is 0.700. The number of rotatable bonds is 4. The van der Waals surface area contributed by atoms with Gasteiger partial charge in [0.2, 0.25) is 0 Å². The van der Waals surface area contributed by atoms with Crippen molar-refractivity contribution in [3.63, 3.8) is 0 Å². The number of nitrogens with zero attached hydrogens (tertiary/aromatic N) is 2. The fourth-order valence-electron chi connectivity index (χ4n) is 1.58. The summed E-state index contributed by atoms with van der Waals surface area (Å²) in [5.41, 5.74) is 1.79. The molecule has 1 unspecified atom stereocenters. The third-order valence-corrected chi connectivity index (χ3v) is 3.38. The lowest BCUT2D eigenvalue weighted by molar-refractivity contribution is -0.121. The van der Waals surface area contributed by atoms with Crippen molar-refractivity contribution in [1.82, 2.24) is 4.90 Å². The predicted molar refractivity (Wildman–Crippen MR) is 64.0 cm³/mol. The lowest BCUT2D eigenvalue weighted by Gasteiger charge is -2.26. The molecule has 90 valence electrons. The van der Waals surface area contributed by atoms with Gasteiger partial charge in [-0.3, -0.25) is 9.79 Å². The number of ether oxygens (including phenoxy) is 1. The summed E-state index contributed by atoms with van der Waals surface area (Å²) in [6.07, 6.45) is 0.0691. The Hall–Kier alpha value is -1.04. The lowest BCUT2D eigenvalue weighted by atomic mass is 10.0. The van der Waals surface area contributed by atoms with Gasteiger partial charge in [0.15, 0.2) is 5.78 Å². The molecular weight excluding hydrogens is 228 g/mol. The fourth-order valence-corrected chi connectivity index (χ4v) is 2.37. The monoisotopic (exact) mass is 244 g/mol. The van der Waals surface area contributed by atoms with Crippen LogP contribution in [0.3, 0.4) is 0 Å². The SMILES string of the molecule is COC(=O)N(C)[C@@H](CC1CSC=N1)C(C)=O. The summed E-state index contributed by atoms with van der Waals surface area (Å²) >= 11 is 1.62. The zero-order valence-corrected chi connectivity index (χ0v) is 10.5. The summed E-state index contributed by atoms with van der Waals surface area (Å²) in [5, 5.41) is 0. The highest BCUT2D eigenvalue weighted by molar-refractivity contribution is 8.12. The molecule has 0 bridgehead atoms. The molecule has 2 atom stereocenters. The van der Waals surface area contributed by atoms with Gasteiger partial charge in [-0.2, -0.15) is 0 Å². The maximum absolute atomic E-state index is 11.5. The van der Waals surface area contributed by atoms with Crippen molar-refractivity contribution in [1.29, 1.82) is 0 Å². The first-order chi connectivity index (χ1) is 7.56. The number of methoxy groups -OCH3 is 1. The van der Waals surface area contributed by atoms with E-state index in [0.717, 1.165) is 5.75 Å². The van der Waals surface area contributed by atoms with Gasteiger partial charge in [0.1, 0.15) is 0 Å². The number of thioether (sulfide) groups is 1. The van der Waals surface area contributed by atoms with E-state index in [0.29, 0.717) is 6.42 Å². The summed E-state index contributed by atoms with van der Waals surface area (Å²) in [5.74, 6) is 0.832. The summed E-state index contributed by atoms with van der Waals surface area (Å²) in [7, 11) is 2.88. The van der Waals surface area contributed by atoms with Crippen molar-refractivity contribution < 1.29 is 14.3 Å². The van der Waals surface area contributed by atoms with E-state index >= 15 is 0 Å². The molecular formula is C10H16N2O3S. The Morgan fingerprint density at radius 1 is 1.69 bits per heavy atom. The van der Waals surface area contributed by atoms with Crippen LogP contribution in [0.25, 0.3) is 0 Å². The molecule has 16 heavy (non-hydrogen) atoms. The number of likely N-dealkylation sites (N-methyl/N-ethyl adjacent to an activating group) is 1. The second-order valence-electron chi connectivity index (χ2n) is 3.68. The third kappa shape index (κ3) is 3.23. The van der Waals surface area contributed by atoms with E-state index in [1.807, 2.05) is 0 Å². The van der Waals surface area contributed by atoms with Crippen molar-refractivity contribution >= 4 is 29.2 Å². The predicted octanol–water partition coefficient (Wildman–Crippen LogP) is 1.18. The summed E-state index contributed by atoms with van der Waals surface area (Å²) in [6, 6.07) is -0.334. The molecule has 1 rings (SSSR count). The number of aliphatic imine (C=N–C) groups is 1. The number of carbonyl (C=O) groups excluding carboxylic acids is 2. The second kappa shape index (κ2) is 5.89. The van der Waals surface area contributed by atoms with Crippen LogP contribution in [-0.4, -0.2) is 54.3 Å². The molecule has 0 aliphatic carbocycles. The Morgan fingerprint density at radius 2 is 2.38 bits per heavy atom. The van der Waals surface area contributed by atoms with Crippen LogP contribution >= 0.6 is 11.8 Å². The van der Waals surface area contributed by atoms with Gasteiger partial charge in [-0.15, -0.1) is 11.8 Å². The molecule has 0 fully saturated rings. The quantitative estimate of drug-likeness (QED) is 0.745. The summed E-state index contributed by atoms with van der Waals surface area (Å²) < 4.78 is 4.60. The Bertz CT molecular complexity index is 306. The standard InChI is InChI=1S/C10H16N2O3S/c1-7(13)9(12(2)10(14)15-3)4-8-5-16-6-11-8/h6,8-9H,4-5H2,1-3H3/t8?,9-/m0/s1. The van der Waals surface area contributed by atoms with Crippen LogP contribution in [0, 0.1) is 0 Å². The molecule has 0 N–H and O–H groups in total. The van der Waals surface area contributed by atoms with Gasteiger partial charge >= 0.3 is 6.09 Å². The number of hydrogen-bond donors (Lipinski definition) is 0. The van der Waals surface area contributed by atoms with Crippen molar-refractivity contribution in [3.8, 4) is 0 Å². The first-order valence-corrected chi connectivity index (χ1v) is 6.05. The normalized spacial score (nSPS) is 20.6. The zero-order valence-electron chi connectivity index (χ0n) is 9.67. The van der Waals surface area contributed by atoms with Gasteiger partial charge in [0, 0.05) is 12.8 Å². The molecule has 0 radical (unpaired) electrons. The third-order valence-electron chi connectivity index (χ3n) is 2.53. The highest BCUT2D eigenvalue weighted by Gasteiger charge is 2.28. The average molecular weight is 244 g/mol. The molecule has 1 aliphatic heterocycles. The highest BCUT2D eigenvalue weighted by Crippen LogP contribution is 2.18. The van der Waals surface area contributed by atoms with Crippen molar-refractivity contribution in [2.24, 2.45) is 4.99 Å². The minimum absolute atomic E-state index is 0.0417. The van der Waals surface area contributed by atoms with Crippen LogP contribution in [0.1, 0.15) is 13.3 Å². The smallest absolute Gasteiger partial charge is 0.409 e. The Morgan fingerprint density at radius 3 is 2.81 bits per heavy atom. The van der Waals surface area contributed by atoms with E-state index in [-0.39, 0.29) is 11.8 Å². The first-order valence-electron chi connectivity index (χ1n) is 5.00. The van der Waals surface area contributed by atoms with Gasteiger partial charge < -0.3 is 9.64 Å². The average Bonchev–Trinajstić information content (AvgIpc) is 2.76. The van der Waals surface area contributed by atoms with Crippen LogP contribution in [0.5, 0.6) is 0 Å². The largest absolute Gasteiger partial charge is 0.453 e. The van der Waals surface area contributed by atoms with Gasteiger partial charge in [-0.1, -0.05) is 0 Å². The Labute approximate surface area is 99.2 Å². The maximum atomic E-state index is 11.5. The van der Waals surface area contributed by atoms with E-state index in [1.54, 1.807) is 24.4 Å². The molecule has 0 spiro atoms. The molecule has 1 aliphatic rings. The molecule has 0 saturated heterocycles. The van der Waals surface area contributed by atoms with Crippen LogP contribution in [0.15, 0.2) is 4.99 Å². The zero-order chi connectivity index (χ0) is 12.1. The van der Waals surface area contributed by atoms with Gasteiger partial charge in [-0.25, -0.2) is 4.79 Å². The van der Waals surface area contributed by atoms with E-state index < -0.39 is 12.1 Å². The molecule has 6 heteroatoms. The summed E-state index contributed by atoms with van der Waals surface area (Å²) in [4.78, 5) is 28.4. The molecule has 0 saturated carbocycles. The molecule has 0 aromatic carbocycles. The highest BCUT2D eigenvalue weighted by atomic mass is 32.2. The van der Waals surface area contributed by atoms with Crippen LogP contribution in [-0.2, 0) is 9.53 Å². The van der Waals surface area contributed by atoms with Crippen molar-refractivity contribution in [3.05, 3.63) is 0 Å². The van der Waals surface area contributed by atoms with Gasteiger partial charge in [-0.05, 0) is 13.3 Å². The van der Waals surface area contributed by atoms with Crippen molar-refractivity contribution in [2.75, 3.05) is 19.9 Å². The summed E-state index contributed by atoms with van der Waals surface area (Å²) in [6.45, 7) is 1.48. The maximum Gasteiger partial charge on any atom is 0.409 e. The molecule has 1 amide bonds. The number of ketones is 1. The lowest BCUT2D eigenvalue weighted by Crippen LogP contribution is -2.43.